The van der Waals surface area contributed by atoms with Crippen LogP contribution in [-0.4, -0.2) is 17.0 Å². The zero-order chi connectivity index (χ0) is 16.0. The van der Waals surface area contributed by atoms with Gasteiger partial charge in [0.2, 0.25) is 0 Å². The number of Topliss-reactive ketones (excluding diaryl/α,β-unsaturated/α-hetero) is 1. The lowest BCUT2D eigenvalue weighted by molar-refractivity contribution is -0.116. The lowest BCUT2D eigenvalue weighted by Crippen LogP contribution is -2.23. The molecule has 2 bridgehead atoms. The minimum atomic E-state index is -0.344. The van der Waals surface area contributed by atoms with Crippen molar-refractivity contribution >= 4 is 22.1 Å². The molecule has 0 saturated heterocycles. The summed E-state index contributed by atoms with van der Waals surface area (Å²) in [6.07, 6.45) is 2.90. The van der Waals surface area contributed by atoms with E-state index in [9.17, 15) is 9.90 Å². The molecule has 3 atom stereocenters. The first-order valence-electron chi connectivity index (χ1n) is 8.61. The van der Waals surface area contributed by atoms with E-state index in [1.54, 1.807) is 0 Å². The Morgan fingerprint density at radius 2 is 1.91 bits per heavy atom. The van der Waals surface area contributed by atoms with Gasteiger partial charge < -0.3 is 5.11 Å². The van der Waals surface area contributed by atoms with Crippen molar-refractivity contribution in [3.63, 3.8) is 0 Å². The molecule has 0 aromatic heterocycles. The molecule has 2 aromatic carbocycles. The highest BCUT2D eigenvalue weighted by atomic mass is 16.3. The summed E-state index contributed by atoms with van der Waals surface area (Å²) in [4.78, 5) is 12.6. The van der Waals surface area contributed by atoms with Crippen LogP contribution in [0, 0.1) is 11.8 Å². The number of rotatable bonds is 3. The number of hydrogen-bond donors (Lipinski definition) is 1. The summed E-state index contributed by atoms with van der Waals surface area (Å²) in [5, 5.41) is 12.8. The van der Waals surface area contributed by atoms with Crippen LogP contribution in [0.1, 0.15) is 38.2 Å². The van der Waals surface area contributed by atoms with Crippen LogP contribution in [0.15, 0.2) is 48.0 Å². The molecule has 0 aliphatic heterocycles. The van der Waals surface area contributed by atoms with Gasteiger partial charge in [0, 0.05) is 17.9 Å². The largest absolute Gasteiger partial charge is 0.392 e. The zero-order valence-corrected chi connectivity index (χ0v) is 13.5. The molecular weight excluding hydrogens is 284 g/mol. The van der Waals surface area contributed by atoms with Gasteiger partial charge in [-0.05, 0) is 53.2 Å². The van der Waals surface area contributed by atoms with Gasteiger partial charge in [0.1, 0.15) is 0 Å². The lowest BCUT2D eigenvalue weighted by atomic mass is 9.77. The highest BCUT2D eigenvalue weighted by Crippen LogP contribution is 2.49. The standard InChI is InChI=1S/C21H22O2/c1-2-19(22)21-17(9-13-10-18(21)20(23)11-13)16-8-7-14-5-3-4-6-15(14)12-16/h3-8,12-13,18,20,23H,2,9-11H2,1H3. The van der Waals surface area contributed by atoms with Crippen molar-refractivity contribution in [2.24, 2.45) is 11.8 Å². The van der Waals surface area contributed by atoms with E-state index in [2.05, 4.69) is 30.3 Å². The van der Waals surface area contributed by atoms with Crippen molar-refractivity contribution in [3.8, 4) is 0 Å². The van der Waals surface area contributed by atoms with Crippen molar-refractivity contribution in [1.82, 2.24) is 0 Å². The molecule has 0 heterocycles. The monoisotopic (exact) mass is 306 g/mol. The number of carbonyl (C=O) groups excluding carboxylic acids is 1. The molecule has 0 amide bonds. The predicted octanol–water partition coefficient (Wildman–Crippen LogP) is 4.36. The van der Waals surface area contributed by atoms with Gasteiger partial charge in [0.05, 0.1) is 6.10 Å². The molecule has 1 fully saturated rings. The van der Waals surface area contributed by atoms with Crippen LogP contribution < -0.4 is 0 Å². The summed E-state index contributed by atoms with van der Waals surface area (Å²) in [5.41, 5.74) is 3.24. The highest BCUT2D eigenvalue weighted by molar-refractivity contribution is 6.04. The van der Waals surface area contributed by atoms with Gasteiger partial charge >= 0.3 is 0 Å². The van der Waals surface area contributed by atoms with Gasteiger partial charge in [-0.25, -0.2) is 0 Å². The second kappa shape index (κ2) is 5.61. The molecule has 23 heavy (non-hydrogen) atoms. The Morgan fingerprint density at radius 3 is 2.70 bits per heavy atom. The Bertz CT molecular complexity index is 802. The van der Waals surface area contributed by atoms with Gasteiger partial charge in [0.25, 0.3) is 0 Å². The number of allylic oxidation sites excluding steroid dienone is 1. The van der Waals surface area contributed by atoms with Crippen molar-refractivity contribution in [2.75, 3.05) is 0 Å². The van der Waals surface area contributed by atoms with E-state index in [-0.39, 0.29) is 17.8 Å². The number of aliphatic hydroxyl groups is 1. The smallest absolute Gasteiger partial charge is 0.159 e. The van der Waals surface area contributed by atoms with Gasteiger partial charge in [-0.15, -0.1) is 0 Å². The quantitative estimate of drug-likeness (QED) is 0.914. The number of hydrogen-bond acceptors (Lipinski definition) is 2. The van der Waals surface area contributed by atoms with Gasteiger partial charge in [-0.1, -0.05) is 43.3 Å². The first-order valence-corrected chi connectivity index (χ1v) is 8.61. The van der Waals surface area contributed by atoms with E-state index < -0.39 is 0 Å². The molecule has 4 rings (SSSR count). The van der Waals surface area contributed by atoms with Crippen LogP contribution in [0.2, 0.25) is 0 Å². The van der Waals surface area contributed by atoms with Gasteiger partial charge in [0.15, 0.2) is 5.78 Å². The second-order valence-corrected chi connectivity index (χ2v) is 6.95. The minimum Gasteiger partial charge on any atom is -0.392 e. The van der Waals surface area contributed by atoms with E-state index in [0.29, 0.717) is 12.3 Å². The van der Waals surface area contributed by atoms with Crippen LogP contribution in [0.3, 0.4) is 0 Å². The highest BCUT2D eigenvalue weighted by Gasteiger charge is 2.42. The normalized spacial score (nSPS) is 26.8. The van der Waals surface area contributed by atoms with Crippen LogP contribution in [-0.2, 0) is 4.79 Å². The maximum absolute atomic E-state index is 12.6. The molecule has 1 saturated carbocycles. The summed E-state index contributed by atoms with van der Waals surface area (Å²) in [5.74, 6) is 0.769. The fraction of sp³-hybridized carbons (Fsp3) is 0.381. The van der Waals surface area contributed by atoms with Crippen molar-refractivity contribution in [1.29, 1.82) is 0 Å². The number of fused-ring (bicyclic) bond motifs is 3. The third-order valence-corrected chi connectivity index (χ3v) is 5.53. The Balaban J connectivity index is 1.88. The van der Waals surface area contributed by atoms with Gasteiger partial charge in [-0.3, -0.25) is 4.79 Å². The first kappa shape index (κ1) is 14.6. The molecule has 3 unspecified atom stereocenters. The van der Waals surface area contributed by atoms with Crippen molar-refractivity contribution < 1.29 is 9.90 Å². The molecular formula is C21H22O2. The number of carbonyl (C=O) groups is 1. The summed E-state index contributed by atoms with van der Waals surface area (Å²) >= 11 is 0. The number of aliphatic hydroxyl groups excluding tert-OH is 1. The fourth-order valence-electron chi connectivity index (χ4n) is 4.43. The van der Waals surface area contributed by atoms with Crippen LogP contribution in [0.4, 0.5) is 0 Å². The SMILES string of the molecule is CCC(=O)C1=C(c2ccc3ccccc3c2)CC2CC(O)C1C2. The zero-order valence-electron chi connectivity index (χ0n) is 13.5. The number of ketones is 1. The Morgan fingerprint density at radius 1 is 1.13 bits per heavy atom. The van der Waals surface area contributed by atoms with E-state index >= 15 is 0 Å². The van der Waals surface area contributed by atoms with Crippen LogP contribution in [0.5, 0.6) is 0 Å². The molecule has 0 radical (unpaired) electrons. The van der Waals surface area contributed by atoms with Gasteiger partial charge in [-0.2, -0.15) is 0 Å². The Kier molecular flexibility index (Phi) is 3.57. The third-order valence-electron chi connectivity index (χ3n) is 5.53. The third kappa shape index (κ3) is 2.42. The Hall–Kier alpha value is -1.93. The van der Waals surface area contributed by atoms with Crippen molar-refractivity contribution in [2.45, 2.75) is 38.7 Å². The number of benzene rings is 2. The molecule has 2 aromatic rings. The summed E-state index contributed by atoms with van der Waals surface area (Å²) < 4.78 is 0. The Labute approximate surface area is 136 Å². The van der Waals surface area contributed by atoms with E-state index in [0.717, 1.165) is 30.4 Å². The molecule has 1 N–H and O–H groups in total. The average molecular weight is 306 g/mol. The summed E-state index contributed by atoms with van der Waals surface area (Å²) in [6.45, 7) is 1.92. The lowest BCUT2D eigenvalue weighted by Gasteiger charge is -2.26. The van der Waals surface area contributed by atoms with E-state index in [4.69, 9.17) is 0 Å². The van der Waals surface area contributed by atoms with Crippen molar-refractivity contribution in [3.05, 3.63) is 53.6 Å². The summed E-state index contributed by atoms with van der Waals surface area (Å²) in [6, 6.07) is 14.8. The molecule has 118 valence electrons. The van der Waals surface area contributed by atoms with Crippen LogP contribution in [0.25, 0.3) is 16.3 Å². The molecule has 2 nitrogen and oxygen atoms in total. The predicted molar refractivity (Wildman–Crippen MR) is 93.0 cm³/mol. The molecule has 2 heteroatoms. The minimum absolute atomic E-state index is 0.0441. The maximum atomic E-state index is 12.6. The molecule has 0 spiro atoms. The fourth-order valence-corrected chi connectivity index (χ4v) is 4.43. The summed E-state index contributed by atoms with van der Waals surface area (Å²) in [7, 11) is 0. The molecule has 2 aliphatic carbocycles. The van der Waals surface area contributed by atoms with E-state index in [1.807, 2.05) is 19.1 Å². The maximum Gasteiger partial charge on any atom is 0.159 e. The second-order valence-electron chi connectivity index (χ2n) is 6.95. The first-order chi connectivity index (χ1) is 11.2. The van der Waals surface area contributed by atoms with E-state index in [1.165, 1.54) is 16.3 Å². The average Bonchev–Trinajstić information content (AvgIpc) is 2.88. The topological polar surface area (TPSA) is 37.3 Å². The molecule has 2 aliphatic rings. The van der Waals surface area contributed by atoms with Crippen LogP contribution >= 0.6 is 0 Å².